The van der Waals surface area contributed by atoms with Crippen molar-refractivity contribution in [2.24, 2.45) is 5.73 Å². The molecule has 1 unspecified atom stereocenters. The Hall–Kier alpha value is -3.04. The molecule has 1 atom stereocenters. The zero-order valence-electron chi connectivity index (χ0n) is 17.0. The number of aromatic nitrogens is 2. The molecule has 2 heterocycles. The molecule has 2 aromatic carbocycles. The maximum atomic E-state index is 13.6. The number of aromatic amines is 1. The van der Waals surface area contributed by atoms with Crippen LogP contribution in [0.2, 0.25) is 0 Å². The van der Waals surface area contributed by atoms with Gasteiger partial charge in [0.2, 0.25) is 10.0 Å². The molecule has 0 radical (unpaired) electrons. The Morgan fingerprint density at radius 1 is 1.23 bits per heavy atom. The topological polar surface area (TPSA) is 109 Å². The zero-order valence-corrected chi connectivity index (χ0v) is 17.8. The molecule has 7 nitrogen and oxygen atoms in total. The number of carbonyl (C=O) groups is 1. The number of hydrogen-bond donors (Lipinski definition) is 2. The van der Waals surface area contributed by atoms with Gasteiger partial charge < -0.3 is 10.7 Å². The predicted molar refractivity (Wildman–Crippen MR) is 114 cm³/mol. The van der Waals surface area contributed by atoms with Gasteiger partial charge in [-0.3, -0.25) is 4.79 Å². The van der Waals surface area contributed by atoms with E-state index in [-0.39, 0.29) is 28.6 Å². The van der Waals surface area contributed by atoms with E-state index in [1.165, 1.54) is 29.4 Å². The van der Waals surface area contributed by atoms with E-state index in [1.54, 1.807) is 0 Å². The normalized spacial score (nSPS) is 17.5. The maximum Gasteiger partial charge on any atom is 0.267 e. The van der Waals surface area contributed by atoms with Crippen LogP contribution in [0.3, 0.4) is 0 Å². The van der Waals surface area contributed by atoms with Gasteiger partial charge in [-0.25, -0.2) is 17.8 Å². The number of hydrogen-bond acceptors (Lipinski definition) is 4. The van der Waals surface area contributed by atoms with Crippen molar-refractivity contribution in [3.8, 4) is 11.3 Å². The molecule has 31 heavy (non-hydrogen) atoms. The summed E-state index contributed by atoms with van der Waals surface area (Å²) in [5, 5.41) is 0. The number of benzene rings is 2. The fourth-order valence-corrected chi connectivity index (χ4v) is 5.49. The smallest absolute Gasteiger partial charge is 0.267 e. The molecular weight excluding hydrogens is 419 g/mol. The first kappa shape index (κ1) is 21.2. The van der Waals surface area contributed by atoms with Crippen molar-refractivity contribution in [2.45, 2.75) is 30.6 Å². The van der Waals surface area contributed by atoms with Crippen LogP contribution >= 0.6 is 0 Å². The van der Waals surface area contributed by atoms with Crippen molar-refractivity contribution in [1.82, 2.24) is 14.3 Å². The van der Waals surface area contributed by atoms with Gasteiger partial charge in [0.15, 0.2) is 0 Å². The summed E-state index contributed by atoms with van der Waals surface area (Å²) in [5.74, 6) is -0.762. The highest BCUT2D eigenvalue weighted by Gasteiger charge is 2.33. The molecule has 9 heteroatoms. The number of rotatable bonds is 5. The summed E-state index contributed by atoms with van der Waals surface area (Å²) in [6, 6.07) is 13.0. The number of nitrogens with zero attached hydrogens (tertiary/aromatic N) is 2. The van der Waals surface area contributed by atoms with E-state index in [2.05, 4.69) is 9.97 Å². The second-order valence-electron chi connectivity index (χ2n) is 7.69. The number of imidazole rings is 1. The average molecular weight is 443 g/mol. The third kappa shape index (κ3) is 4.11. The number of piperidine rings is 1. The van der Waals surface area contributed by atoms with Gasteiger partial charge in [0.05, 0.1) is 4.90 Å². The second-order valence-corrected chi connectivity index (χ2v) is 9.63. The third-order valence-corrected chi connectivity index (χ3v) is 7.41. The van der Waals surface area contributed by atoms with Crippen LogP contribution in [0, 0.1) is 12.7 Å². The Balaban J connectivity index is 1.64. The third-order valence-electron chi connectivity index (χ3n) is 5.55. The molecule has 1 aliphatic rings. The van der Waals surface area contributed by atoms with Gasteiger partial charge in [0, 0.05) is 24.6 Å². The first-order valence-electron chi connectivity index (χ1n) is 9.99. The van der Waals surface area contributed by atoms with Crippen molar-refractivity contribution in [3.63, 3.8) is 0 Å². The lowest BCUT2D eigenvalue weighted by molar-refractivity contribution is 0.0996. The van der Waals surface area contributed by atoms with Crippen molar-refractivity contribution in [3.05, 3.63) is 71.4 Å². The first-order valence-corrected chi connectivity index (χ1v) is 11.4. The van der Waals surface area contributed by atoms with Crippen LogP contribution in [0.4, 0.5) is 4.39 Å². The highest BCUT2D eigenvalue weighted by atomic mass is 32.2. The van der Waals surface area contributed by atoms with Gasteiger partial charge in [-0.1, -0.05) is 30.3 Å². The Morgan fingerprint density at radius 3 is 2.65 bits per heavy atom. The number of nitrogens with one attached hydrogen (secondary N) is 1. The molecule has 1 aliphatic heterocycles. The molecule has 1 aromatic heterocycles. The van der Waals surface area contributed by atoms with Gasteiger partial charge >= 0.3 is 0 Å². The molecule has 1 amide bonds. The highest BCUT2D eigenvalue weighted by molar-refractivity contribution is 7.89. The van der Waals surface area contributed by atoms with Crippen LogP contribution in [0.1, 0.15) is 40.6 Å². The van der Waals surface area contributed by atoms with Crippen LogP contribution < -0.4 is 5.73 Å². The Labute approximate surface area is 180 Å². The molecule has 3 aromatic rings. The molecule has 1 saturated heterocycles. The van der Waals surface area contributed by atoms with Gasteiger partial charge in [0.25, 0.3) is 5.91 Å². The highest BCUT2D eigenvalue weighted by Crippen LogP contribution is 2.32. The molecule has 0 bridgehead atoms. The molecule has 0 saturated carbocycles. The van der Waals surface area contributed by atoms with Gasteiger partial charge in [-0.2, -0.15) is 4.31 Å². The lowest BCUT2D eigenvalue weighted by atomic mass is 9.99. The number of carbonyl (C=O) groups excluding carboxylic acids is 1. The van der Waals surface area contributed by atoms with Crippen molar-refractivity contribution in [1.29, 1.82) is 0 Å². The summed E-state index contributed by atoms with van der Waals surface area (Å²) in [6.45, 7) is 2.11. The predicted octanol–water partition coefficient (Wildman–Crippen LogP) is 3.19. The van der Waals surface area contributed by atoms with Gasteiger partial charge in [0.1, 0.15) is 23.0 Å². The number of primary amides is 1. The van der Waals surface area contributed by atoms with Crippen molar-refractivity contribution < 1.29 is 17.6 Å². The SMILES string of the molecule is Cc1cc(S(=O)(=O)N2CCCC(c3nc(-c4ccccc4)c(C(N)=O)[nH]3)C2)ccc1F. The first-order chi connectivity index (χ1) is 14.8. The molecule has 3 N–H and O–H groups in total. The summed E-state index contributed by atoms with van der Waals surface area (Å²) < 4.78 is 41.2. The molecule has 1 fully saturated rings. The van der Waals surface area contributed by atoms with Crippen LogP contribution in [0.25, 0.3) is 11.3 Å². The Bertz CT molecular complexity index is 1220. The second kappa shape index (κ2) is 8.24. The van der Waals surface area contributed by atoms with Crippen LogP contribution in [0.5, 0.6) is 0 Å². The van der Waals surface area contributed by atoms with E-state index in [9.17, 15) is 17.6 Å². The summed E-state index contributed by atoms with van der Waals surface area (Å²) in [4.78, 5) is 19.7. The van der Waals surface area contributed by atoms with E-state index in [4.69, 9.17) is 5.73 Å². The molecular formula is C22H23FN4O3S. The minimum Gasteiger partial charge on any atom is -0.364 e. The number of H-pyrrole nitrogens is 1. The van der Waals surface area contributed by atoms with Crippen LogP contribution in [-0.4, -0.2) is 41.7 Å². The van der Waals surface area contributed by atoms with Gasteiger partial charge in [-0.05, 0) is 43.5 Å². The van der Waals surface area contributed by atoms with Gasteiger partial charge in [-0.15, -0.1) is 0 Å². The largest absolute Gasteiger partial charge is 0.364 e. The lowest BCUT2D eigenvalue weighted by Gasteiger charge is -2.31. The van der Waals surface area contributed by atoms with E-state index < -0.39 is 21.7 Å². The number of amides is 1. The Kier molecular flexibility index (Phi) is 5.63. The van der Waals surface area contributed by atoms with Crippen LogP contribution in [0.15, 0.2) is 53.4 Å². The maximum absolute atomic E-state index is 13.6. The monoisotopic (exact) mass is 442 g/mol. The fourth-order valence-electron chi connectivity index (χ4n) is 3.88. The van der Waals surface area contributed by atoms with E-state index in [0.717, 1.165) is 5.56 Å². The summed E-state index contributed by atoms with van der Waals surface area (Å²) >= 11 is 0. The number of halogens is 1. The number of sulfonamides is 1. The minimum atomic E-state index is -3.78. The lowest BCUT2D eigenvalue weighted by Crippen LogP contribution is -2.39. The molecule has 0 aliphatic carbocycles. The number of aryl methyl sites for hydroxylation is 1. The summed E-state index contributed by atoms with van der Waals surface area (Å²) in [5.41, 5.74) is 7.23. The average Bonchev–Trinajstić information content (AvgIpc) is 3.22. The minimum absolute atomic E-state index is 0.0642. The van der Waals surface area contributed by atoms with Crippen molar-refractivity contribution in [2.75, 3.05) is 13.1 Å². The van der Waals surface area contributed by atoms with E-state index in [0.29, 0.717) is 30.9 Å². The van der Waals surface area contributed by atoms with Crippen molar-refractivity contribution >= 4 is 15.9 Å². The van der Waals surface area contributed by atoms with Crippen LogP contribution in [-0.2, 0) is 10.0 Å². The molecule has 0 spiro atoms. The quantitative estimate of drug-likeness (QED) is 0.632. The fraction of sp³-hybridized carbons (Fsp3) is 0.273. The Morgan fingerprint density at radius 2 is 1.97 bits per heavy atom. The van der Waals surface area contributed by atoms with E-state index in [1.807, 2.05) is 30.3 Å². The summed E-state index contributed by atoms with van der Waals surface area (Å²) in [6.07, 6.45) is 1.35. The number of nitrogens with two attached hydrogens (primary N) is 1. The standard InChI is InChI=1S/C22H23FN4O3S/c1-14-12-17(9-10-18(14)23)31(29,30)27-11-5-8-16(13-27)22-25-19(20(26-22)21(24)28)15-6-3-2-4-7-15/h2-4,6-7,9-10,12,16H,5,8,11,13H2,1H3,(H2,24,28)(H,25,26). The molecule has 4 rings (SSSR count). The summed E-state index contributed by atoms with van der Waals surface area (Å²) in [7, 11) is -3.78. The van der Waals surface area contributed by atoms with E-state index >= 15 is 0 Å². The zero-order chi connectivity index (χ0) is 22.2. The molecule has 162 valence electrons.